The van der Waals surface area contributed by atoms with Crippen LogP contribution in [0.15, 0.2) is 12.7 Å². The zero-order valence-corrected chi connectivity index (χ0v) is 13.8. The van der Waals surface area contributed by atoms with Crippen LogP contribution in [0.1, 0.15) is 71.6 Å². The molecule has 0 aromatic carbocycles. The molecule has 2 nitrogen and oxygen atoms in total. The SMILES string of the molecule is C=CC1C(CCCCC)CC(O)OC1C#CCCCCC. The van der Waals surface area contributed by atoms with Gasteiger partial charge in [-0.05, 0) is 18.8 Å². The number of rotatable bonds is 8. The number of ether oxygens (including phenoxy) is 1. The van der Waals surface area contributed by atoms with Crippen molar-refractivity contribution in [1.82, 2.24) is 0 Å². The molecule has 1 rings (SSSR count). The number of aliphatic hydroxyl groups is 1. The molecule has 0 bridgehead atoms. The van der Waals surface area contributed by atoms with Crippen LogP contribution in [0.25, 0.3) is 0 Å². The molecule has 120 valence electrons. The first-order valence-electron chi connectivity index (χ1n) is 8.67. The number of hydrogen-bond acceptors (Lipinski definition) is 2. The predicted octanol–water partition coefficient (Wildman–Crippen LogP) is 4.68. The van der Waals surface area contributed by atoms with E-state index in [-0.39, 0.29) is 12.0 Å². The lowest BCUT2D eigenvalue weighted by Crippen LogP contribution is -2.39. The Labute approximate surface area is 131 Å². The number of aliphatic hydroxyl groups excluding tert-OH is 1. The first-order valence-corrected chi connectivity index (χ1v) is 8.67. The summed E-state index contributed by atoms with van der Waals surface area (Å²) < 4.78 is 5.64. The summed E-state index contributed by atoms with van der Waals surface area (Å²) in [6.45, 7) is 8.38. The molecule has 1 N–H and O–H groups in total. The molecule has 1 saturated heterocycles. The van der Waals surface area contributed by atoms with Crippen LogP contribution < -0.4 is 0 Å². The van der Waals surface area contributed by atoms with Crippen LogP contribution in [0.2, 0.25) is 0 Å². The molecule has 0 saturated carbocycles. The second-order valence-electron chi connectivity index (χ2n) is 6.09. The van der Waals surface area contributed by atoms with Crippen LogP contribution in [-0.2, 0) is 4.74 Å². The average Bonchev–Trinajstić information content (AvgIpc) is 2.47. The minimum atomic E-state index is -0.664. The maximum Gasteiger partial charge on any atom is 0.156 e. The summed E-state index contributed by atoms with van der Waals surface area (Å²) in [5, 5.41) is 9.94. The van der Waals surface area contributed by atoms with E-state index in [2.05, 4.69) is 32.3 Å². The van der Waals surface area contributed by atoms with Gasteiger partial charge in [0, 0.05) is 18.8 Å². The van der Waals surface area contributed by atoms with E-state index >= 15 is 0 Å². The second kappa shape index (κ2) is 10.9. The number of unbranched alkanes of at least 4 members (excludes halogenated alkanes) is 5. The molecule has 0 aromatic heterocycles. The molecule has 1 heterocycles. The van der Waals surface area contributed by atoms with Gasteiger partial charge in [0.1, 0.15) is 6.10 Å². The molecule has 4 unspecified atom stereocenters. The Balaban J connectivity index is 2.56. The second-order valence-corrected chi connectivity index (χ2v) is 6.09. The molecule has 0 aromatic rings. The summed E-state index contributed by atoms with van der Waals surface area (Å²) in [5.74, 6) is 7.16. The van der Waals surface area contributed by atoms with Crippen LogP contribution in [0.4, 0.5) is 0 Å². The van der Waals surface area contributed by atoms with E-state index in [1.165, 1.54) is 32.1 Å². The van der Waals surface area contributed by atoms with Crippen molar-refractivity contribution in [2.24, 2.45) is 11.8 Å². The van der Waals surface area contributed by atoms with Gasteiger partial charge in [-0.1, -0.05) is 57.9 Å². The lowest BCUT2D eigenvalue weighted by molar-refractivity contribution is -0.175. The lowest BCUT2D eigenvalue weighted by Gasteiger charge is -2.36. The predicted molar refractivity (Wildman–Crippen MR) is 88.7 cm³/mol. The molecule has 1 aliphatic heterocycles. The Morgan fingerprint density at radius 2 is 1.90 bits per heavy atom. The van der Waals surface area contributed by atoms with E-state index < -0.39 is 6.29 Å². The normalized spacial score (nSPS) is 28.7. The Morgan fingerprint density at radius 3 is 2.57 bits per heavy atom. The molecule has 1 aliphatic rings. The molecule has 2 heteroatoms. The maximum absolute atomic E-state index is 9.94. The summed E-state index contributed by atoms with van der Waals surface area (Å²) in [4.78, 5) is 0. The molecular weight excluding hydrogens is 260 g/mol. The van der Waals surface area contributed by atoms with Crippen LogP contribution in [-0.4, -0.2) is 17.5 Å². The van der Waals surface area contributed by atoms with Crippen molar-refractivity contribution in [3.63, 3.8) is 0 Å². The molecular formula is C19H32O2. The minimum Gasteiger partial charge on any atom is -0.368 e. The van der Waals surface area contributed by atoms with Gasteiger partial charge in [-0.25, -0.2) is 0 Å². The fraction of sp³-hybridized carbons (Fsp3) is 0.789. The highest BCUT2D eigenvalue weighted by Crippen LogP contribution is 2.34. The van der Waals surface area contributed by atoms with Gasteiger partial charge < -0.3 is 9.84 Å². The Bertz CT molecular complexity index is 339. The molecule has 21 heavy (non-hydrogen) atoms. The van der Waals surface area contributed by atoms with E-state index in [0.29, 0.717) is 12.3 Å². The zero-order valence-electron chi connectivity index (χ0n) is 13.8. The molecule has 0 spiro atoms. The maximum atomic E-state index is 9.94. The van der Waals surface area contributed by atoms with Crippen molar-refractivity contribution in [2.75, 3.05) is 0 Å². The van der Waals surface area contributed by atoms with Crippen LogP contribution in [0.5, 0.6) is 0 Å². The minimum absolute atomic E-state index is 0.181. The van der Waals surface area contributed by atoms with Crippen molar-refractivity contribution in [1.29, 1.82) is 0 Å². The lowest BCUT2D eigenvalue weighted by atomic mass is 9.79. The Hall–Kier alpha value is -0.780. The zero-order chi connectivity index (χ0) is 15.5. The highest BCUT2D eigenvalue weighted by Gasteiger charge is 2.34. The van der Waals surface area contributed by atoms with Gasteiger partial charge in [0.2, 0.25) is 0 Å². The molecule has 0 amide bonds. The average molecular weight is 292 g/mol. The third-order valence-electron chi connectivity index (χ3n) is 4.30. The summed E-state index contributed by atoms with van der Waals surface area (Å²) in [6.07, 6.45) is 11.2. The largest absolute Gasteiger partial charge is 0.368 e. The standard InChI is InChI=1S/C19H32O2/c1-4-7-9-10-12-14-18-17(6-3)16(13-11-8-5-2)15-19(20)21-18/h6,16-20H,3-5,7-11,13,15H2,1-2H3. The third-order valence-corrected chi connectivity index (χ3v) is 4.30. The van der Waals surface area contributed by atoms with E-state index in [0.717, 1.165) is 19.3 Å². The van der Waals surface area contributed by atoms with Crippen molar-refractivity contribution < 1.29 is 9.84 Å². The first-order chi connectivity index (χ1) is 10.2. The topological polar surface area (TPSA) is 29.5 Å². The van der Waals surface area contributed by atoms with Gasteiger partial charge in [-0.15, -0.1) is 12.5 Å². The van der Waals surface area contributed by atoms with Crippen LogP contribution >= 0.6 is 0 Å². The van der Waals surface area contributed by atoms with Crippen molar-refractivity contribution in [3.05, 3.63) is 12.7 Å². The third kappa shape index (κ3) is 6.68. The van der Waals surface area contributed by atoms with Crippen LogP contribution in [0.3, 0.4) is 0 Å². The fourth-order valence-electron chi connectivity index (χ4n) is 3.03. The van der Waals surface area contributed by atoms with Crippen LogP contribution in [0, 0.1) is 23.7 Å². The van der Waals surface area contributed by atoms with Gasteiger partial charge in [0.25, 0.3) is 0 Å². The van der Waals surface area contributed by atoms with E-state index in [1.807, 2.05) is 6.08 Å². The van der Waals surface area contributed by atoms with Gasteiger partial charge in [-0.3, -0.25) is 0 Å². The molecule has 1 fully saturated rings. The quantitative estimate of drug-likeness (QED) is 0.400. The fourth-order valence-corrected chi connectivity index (χ4v) is 3.03. The van der Waals surface area contributed by atoms with E-state index in [4.69, 9.17) is 4.74 Å². The van der Waals surface area contributed by atoms with Gasteiger partial charge >= 0.3 is 0 Å². The summed E-state index contributed by atoms with van der Waals surface area (Å²) >= 11 is 0. The Morgan fingerprint density at radius 1 is 1.19 bits per heavy atom. The monoisotopic (exact) mass is 292 g/mol. The summed E-state index contributed by atoms with van der Waals surface area (Å²) in [7, 11) is 0. The molecule has 0 radical (unpaired) electrons. The van der Waals surface area contributed by atoms with Crippen molar-refractivity contribution in [3.8, 4) is 11.8 Å². The highest BCUT2D eigenvalue weighted by molar-refractivity contribution is 5.12. The van der Waals surface area contributed by atoms with E-state index in [9.17, 15) is 5.11 Å². The van der Waals surface area contributed by atoms with Gasteiger partial charge in [-0.2, -0.15) is 0 Å². The van der Waals surface area contributed by atoms with Gasteiger partial charge in [0.15, 0.2) is 6.29 Å². The number of hydrogen-bond donors (Lipinski definition) is 1. The van der Waals surface area contributed by atoms with Crippen molar-refractivity contribution >= 4 is 0 Å². The molecule has 0 aliphatic carbocycles. The van der Waals surface area contributed by atoms with Gasteiger partial charge in [0.05, 0.1) is 0 Å². The Kier molecular flexibility index (Phi) is 9.46. The summed E-state index contributed by atoms with van der Waals surface area (Å²) in [6, 6.07) is 0. The highest BCUT2D eigenvalue weighted by atomic mass is 16.6. The summed E-state index contributed by atoms with van der Waals surface area (Å²) in [5.41, 5.74) is 0. The first kappa shape index (κ1) is 18.3. The van der Waals surface area contributed by atoms with Crippen molar-refractivity contribution in [2.45, 2.75) is 84.0 Å². The van der Waals surface area contributed by atoms with E-state index in [1.54, 1.807) is 0 Å². The molecule has 4 atom stereocenters. The smallest absolute Gasteiger partial charge is 0.156 e.